The van der Waals surface area contributed by atoms with Crippen molar-refractivity contribution in [3.8, 4) is 0 Å². The zero-order valence-electron chi connectivity index (χ0n) is 15.9. The van der Waals surface area contributed by atoms with Crippen LogP contribution in [0.15, 0.2) is 47.4 Å². The van der Waals surface area contributed by atoms with E-state index in [2.05, 4.69) is 15.3 Å². The van der Waals surface area contributed by atoms with Gasteiger partial charge in [0.05, 0.1) is 0 Å². The predicted octanol–water partition coefficient (Wildman–Crippen LogP) is 1.99. The summed E-state index contributed by atoms with van der Waals surface area (Å²) in [5.41, 5.74) is 2.94. The number of carbonyl (C=O) groups excluding carboxylic acids is 1. The molecule has 1 N–H and O–H groups in total. The number of hydrogen-bond donors (Lipinski definition) is 1. The molecular weight excluding hydrogens is 356 g/mol. The van der Waals surface area contributed by atoms with E-state index >= 15 is 0 Å². The molecule has 3 aromatic rings. The van der Waals surface area contributed by atoms with Crippen LogP contribution >= 0.6 is 0 Å². The van der Waals surface area contributed by atoms with Crippen molar-refractivity contribution in [3.63, 3.8) is 0 Å². The highest BCUT2D eigenvalue weighted by Gasteiger charge is 2.24. The number of nitrogens with zero attached hydrogens (tertiary/aromatic N) is 5. The van der Waals surface area contributed by atoms with Gasteiger partial charge in [-0.15, -0.1) is 0 Å². The molecule has 28 heavy (non-hydrogen) atoms. The van der Waals surface area contributed by atoms with Crippen LogP contribution in [0.1, 0.15) is 5.56 Å². The molecule has 1 saturated heterocycles. The Labute approximate surface area is 162 Å². The lowest BCUT2D eigenvalue weighted by atomic mass is 10.2. The summed E-state index contributed by atoms with van der Waals surface area (Å²) in [6.45, 7) is 4.13. The van der Waals surface area contributed by atoms with Crippen molar-refractivity contribution in [3.05, 3.63) is 58.5 Å². The minimum absolute atomic E-state index is 0.131. The van der Waals surface area contributed by atoms with Crippen molar-refractivity contribution < 1.29 is 4.79 Å². The summed E-state index contributed by atoms with van der Waals surface area (Å²) in [5, 5.41) is 2.93. The molecule has 0 bridgehead atoms. The average Bonchev–Trinajstić information content (AvgIpc) is 2.71. The summed E-state index contributed by atoms with van der Waals surface area (Å²) < 4.78 is 1.52. The van der Waals surface area contributed by atoms with Gasteiger partial charge in [-0.25, -0.2) is 14.8 Å². The Bertz CT molecular complexity index is 1090. The van der Waals surface area contributed by atoms with Gasteiger partial charge in [0.15, 0.2) is 11.5 Å². The maximum absolute atomic E-state index is 12.7. The number of piperazine rings is 1. The van der Waals surface area contributed by atoms with Gasteiger partial charge in [0.25, 0.3) is 5.56 Å². The molecule has 8 nitrogen and oxygen atoms in total. The molecule has 0 radical (unpaired) electrons. The van der Waals surface area contributed by atoms with E-state index in [4.69, 9.17) is 0 Å². The van der Waals surface area contributed by atoms with Crippen molar-refractivity contribution in [1.82, 2.24) is 19.4 Å². The minimum Gasteiger partial charge on any atom is -0.348 e. The number of fused-ring (bicyclic) bond motifs is 1. The summed E-state index contributed by atoms with van der Waals surface area (Å²) >= 11 is 0. The van der Waals surface area contributed by atoms with Crippen LogP contribution in [0.2, 0.25) is 0 Å². The van der Waals surface area contributed by atoms with Crippen LogP contribution in [0.25, 0.3) is 11.2 Å². The van der Waals surface area contributed by atoms with Crippen molar-refractivity contribution in [2.24, 2.45) is 7.05 Å². The quantitative estimate of drug-likeness (QED) is 0.737. The third-order valence-corrected chi connectivity index (χ3v) is 4.94. The second-order valence-corrected chi connectivity index (χ2v) is 6.92. The Kier molecular flexibility index (Phi) is 4.68. The lowest BCUT2D eigenvalue weighted by Crippen LogP contribution is -2.51. The van der Waals surface area contributed by atoms with E-state index in [0.717, 1.165) is 11.3 Å². The fraction of sp³-hybridized carbons (Fsp3) is 0.300. The van der Waals surface area contributed by atoms with E-state index in [1.807, 2.05) is 42.2 Å². The number of benzene rings is 1. The molecule has 1 aliphatic heterocycles. The van der Waals surface area contributed by atoms with Gasteiger partial charge in [0.2, 0.25) is 0 Å². The molecule has 2 aromatic heterocycles. The minimum atomic E-state index is -0.177. The Hall–Kier alpha value is -3.42. The van der Waals surface area contributed by atoms with Gasteiger partial charge in [0, 0.05) is 45.1 Å². The highest BCUT2D eigenvalue weighted by atomic mass is 16.2. The predicted molar refractivity (Wildman–Crippen MR) is 109 cm³/mol. The maximum Gasteiger partial charge on any atom is 0.321 e. The SMILES string of the molecule is Cc1cccc(NC(=O)N2CCN(c3nc4cccnc4n(C)c3=O)CC2)c1. The van der Waals surface area contributed by atoms with Gasteiger partial charge < -0.3 is 15.1 Å². The Morgan fingerprint density at radius 2 is 1.89 bits per heavy atom. The molecule has 1 aliphatic rings. The standard InChI is InChI=1S/C20H22N6O2/c1-14-5-3-6-15(13-14)22-20(28)26-11-9-25(10-12-26)18-19(27)24(2)17-16(23-18)7-4-8-21-17/h3-8,13H,9-12H2,1-2H3,(H,22,28). The number of nitrogens with one attached hydrogen (secondary N) is 1. The third kappa shape index (κ3) is 3.40. The number of aryl methyl sites for hydroxylation is 2. The monoisotopic (exact) mass is 378 g/mol. The van der Waals surface area contributed by atoms with Gasteiger partial charge in [-0.05, 0) is 36.8 Å². The number of aromatic nitrogens is 3. The number of urea groups is 1. The Balaban J connectivity index is 1.47. The maximum atomic E-state index is 12.7. The van der Waals surface area contributed by atoms with Gasteiger partial charge >= 0.3 is 6.03 Å². The molecule has 8 heteroatoms. The van der Waals surface area contributed by atoms with Crippen LogP contribution in [-0.2, 0) is 7.05 Å². The first-order valence-electron chi connectivity index (χ1n) is 9.22. The van der Waals surface area contributed by atoms with E-state index < -0.39 is 0 Å². The van der Waals surface area contributed by atoms with Crippen molar-refractivity contribution in [1.29, 1.82) is 0 Å². The second-order valence-electron chi connectivity index (χ2n) is 6.92. The molecule has 1 aromatic carbocycles. The summed E-state index contributed by atoms with van der Waals surface area (Å²) in [4.78, 5) is 37.7. The molecule has 144 valence electrons. The van der Waals surface area contributed by atoms with E-state index in [0.29, 0.717) is 43.2 Å². The van der Waals surface area contributed by atoms with Crippen LogP contribution in [0.4, 0.5) is 16.3 Å². The summed E-state index contributed by atoms with van der Waals surface area (Å²) in [6, 6.07) is 11.2. The van der Waals surface area contributed by atoms with Gasteiger partial charge in [0.1, 0.15) is 5.52 Å². The molecule has 3 heterocycles. The number of carbonyl (C=O) groups is 1. The van der Waals surface area contributed by atoms with Crippen molar-refractivity contribution >= 4 is 28.7 Å². The third-order valence-electron chi connectivity index (χ3n) is 4.94. The number of hydrogen-bond acceptors (Lipinski definition) is 5. The van der Waals surface area contributed by atoms with E-state index in [9.17, 15) is 9.59 Å². The smallest absolute Gasteiger partial charge is 0.321 e. The Morgan fingerprint density at radius 3 is 2.64 bits per heavy atom. The highest BCUT2D eigenvalue weighted by Crippen LogP contribution is 2.15. The summed E-state index contributed by atoms with van der Waals surface area (Å²) in [7, 11) is 1.70. The molecule has 0 aliphatic carbocycles. The lowest BCUT2D eigenvalue weighted by molar-refractivity contribution is 0.208. The van der Waals surface area contributed by atoms with Crippen LogP contribution in [0, 0.1) is 6.92 Å². The first kappa shape index (κ1) is 18.0. The molecule has 2 amide bonds. The number of rotatable bonds is 2. The summed E-state index contributed by atoms with van der Waals surface area (Å²) in [6.07, 6.45) is 1.65. The fourth-order valence-corrected chi connectivity index (χ4v) is 3.39. The molecule has 4 rings (SSSR count). The normalized spacial score (nSPS) is 14.4. The molecule has 0 spiro atoms. The average molecular weight is 378 g/mol. The zero-order chi connectivity index (χ0) is 19.7. The van der Waals surface area contributed by atoms with E-state index in [1.165, 1.54) is 4.57 Å². The van der Waals surface area contributed by atoms with Crippen molar-refractivity contribution in [2.45, 2.75) is 6.92 Å². The molecule has 0 atom stereocenters. The molecule has 0 unspecified atom stereocenters. The zero-order valence-corrected chi connectivity index (χ0v) is 15.9. The first-order chi connectivity index (χ1) is 13.5. The van der Waals surface area contributed by atoms with Crippen LogP contribution in [0.5, 0.6) is 0 Å². The molecule has 0 saturated carbocycles. The second kappa shape index (κ2) is 7.30. The van der Waals surface area contributed by atoms with Crippen LogP contribution in [0.3, 0.4) is 0 Å². The fourth-order valence-electron chi connectivity index (χ4n) is 3.39. The summed E-state index contributed by atoms with van der Waals surface area (Å²) in [5.74, 6) is 0.404. The first-order valence-corrected chi connectivity index (χ1v) is 9.22. The highest BCUT2D eigenvalue weighted by molar-refractivity contribution is 5.89. The number of amides is 2. The van der Waals surface area contributed by atoms with Gasteiger partial charge in [-0.2, -0.15) is 0 Å². The van der Waals surface area contributed by atoms with E-state index in [1.54, 1.807) is 24.2 Å². The number of anilines is 2. The Morgan fingerprint density at radius 1 is 1.11 bits per heavy atom. The molecule has 1 fully saturated rings. The van der Waals surface area contributed by atoms with E-state index in [-0.39, 0.29) is 11.6 Å². The largest absolute Gasteiger partial charge is 0.348 e. The number of pyridine rings is 1. The topological polar surface area (TPSA) is 83.4 Å². The van der Waals surface area contributed by atoms with Gasteiger partial charge in [-0.1, -0.05) is 12.1 Å². The lowest BCUT2D eigenvalue weighted by Gasteiger charge is -2.35. The van der Waals surface area contributed by atoms with Crippen LogP contribution < -0.4 is 15.8 Å². The van der Waals surface area contributed by atoms with Crippen LogP contribution in [-0.4, -0.2) is 51.6 Å². The van der Waals surface area contributed by atoms with Gasteiger partial charge in [-0.3, -0.25) is 9.36 Å². The van der Waals surface area contributed by atoms with Crippen molar-refractivity contribution in [2.75, 3.05) is 36.4 Å². The molecular formula is C20H22N6O2.